The van der Waals surface area contributed by atoms with Crippen molar-refractivity contribution in [2.75, 3.05) is 13.1 Å². The second kappa shape index (κ2) is 4.12. The molecule has 1 aliphatic rings. The molecule has 1 fully saturated rings. The standard InChI is InChI=1S/C10H17ClN4/c1-7-10(11)9(14(2)13-7)6-15-4-3-8(12)5-15/h8H,3-6,12H2,1-2H3/t8-/m1/s1. The Bertz CT molecular complexity index is 361. The summed E-state index contributed by atoms with van der Waals surface area (Å²) in [6, 6.07) is 0.318. The molecule has 2 N–H and O–H groups in total. The first-order valence-corrected chi connectivity index (χ1v) is 5.61. The van der Waals surface area contributed by atoms with Crippen LogP contribution in [-0.4, -0.2) is 33.8 Å². The van der Waals surface area contributed by atoms with Crippen LogP contribution in [0.25, 0.3) is 0 Å². The Balaban J connectivity index is 2.10. The lowest BCUT2D eigenvalue weighted by Crippen LogP contribution is -2.27. The van der Waals surface area contributed by atoms with Crippen molar-refractivity contribution < 1.29 is 0 Å². The van der Waals surface area contributed by atoms with Gasteiger partial charge in [0.1, 0.15) is 0 Å². The normalized spacial score (nSPS) is 22.5. The maximum absolute atomic E-state index is 6.19. The number of nitrogens with two attached hydrogens (primary N) is 1. The maximum Gasteiger partial charge on any atom is 0.0860 e. The van der Waals surface area contributed by atoms with E-state index in [4.69, 9.17) is 17.3 Å². The molecule has 5 heteroatoms. The minimum absolute atomic E-state index is 0.318. The Kier molecular flexibility index (Phi) is 3.00. The predicted octanol–water partition coefficient (Wildman–Crippen LogP) is 0.915. The number of rotatable bonds is 2. The van der Waals surface area contributed by atoms with Crippen molar-refractivity contribution in [3.05, 3.63) is 16.4 Å². The number of hydrogen-bond donors (Lipinski definition) is 1. The van der Waals surface area contributed by atoms with Gasteiger partial charge in [0.2, 0.25) is 0 Å². The van der Waals surface area contributed by atoms with E-state index >= 15 is 0 Å². The van der Waals surface area contributed by atoms with Crippen LogP contribution in [0.4, 0.5) is 0 Å². The van der Waals surface area contributed by atoms with Crippen LogP contribution in [0.1, 0.15) is 17.8 Å². The first-order valence-electron chi connectivity index (χ1n) is 5.24. The zero-order chi connectivity index (χ0) is 11.0. The molecule has 84 valence electrons. The zero-order valence-corrected chi connectivity index (χ0v) is 9.96. The molecule has 1 aromatic heterocycles. The molecule has 4 nitrogen and oxygen atoms in total. The fourth-order valence-corrected chi connectivity index (χ4v) is 2.29. The van der Waals surface area contributed by atoms with E-state index < -0.39 is 0 Å². The third-order valence-corrected chi connectivity index (χ3v) is 3.44. The number of aromatic nitrogens is 2. The first kappa shape index (κ1) is 10.9. The Morgan fingerprint density at radius 1 is 1.60 bits per heavy atom. The number of aryl methyl sites for hydroxylation is 2. The van der Waals surface area contributed by atoms with Gasteiger partial charge >= 0.3 is 0 Å². The van der Waals surface area contributed by atoms with Crippen LogP contribution in [-0.2, 0) is 13.6 Å². The highest BCUT2D eigenvalue weighted by Crippen LogP contribution is 2.22. The molecule has 1 saturated heterocycles. The number of halogens is 1. The lowest BCUT2D eigenvalue weighted by Gasteiger charge is -2.15. The average Bonchev–Trinajstić information content (AvgIpc) is 2.67. The van der Waals surface area contributed by atoms with Gasteiger partial charge in [-0.05, 0) is 13.3 Å². The Labute approximate surface area is 95.0 Å². The monoisotopic (exact) mass is 228 g/mol. The molecule has 1 atom stereocenters. The van der Waals surface area contributed by atoms with Crippen LogP contribution in [0.3, 0.4) is 0 Å². The molecule has 0 amide bonds. The average molecular weight is 229 g/mol. The van der Waals surface area contributed by atoms with Crippen LogP contribution < -0.4 is 5.73 Å². The van der Waals surface area contributed by atoms with Crippen LogP contribution in [0.5, 0.6) is 0 Å². The smallest absolute Gasteiger partial charge is 0.0860 e. The first-order chi connectivity index (χ1) is 7.08. The van der Waals surface area contributed by atoms with E-state index in [1.165, 1.54) is 0 Å². The molecule has 1 aromatic rings. The van der Waals surface area contributed by atoms with E-state index in [1.54, 1.807) is 0 Å². The molecule has 0 aliphatic carbocycles. The fourth-order valence-electron chi connectivity index (χ4n) is 2.07. The van der Waals surface area contributed by atoms with Crippen molar-refractivity contribution in [3.8, 4) is 0 Å². The van der Waals surface area contributed by atoms with Crippen molar-refractivity contribution in [1.82, 2.24) is 14.7 Å². The molecule has 0 saturated carbocycles. The van der Waals surface area contributed by atoms with Crippen molar-refractivity contribution >= 4 is 11.6 Å². The molecule has 0 unspecified atom stereocenters. The van der Waals surface area contributed by atoms with Crippen LogP contribution in [0.15, 0.2) is 0 Å². The van der Waals surface area contributed by atoms with E-state index in [-0.39, 0.29) is 0 Å². The van der Waals surface area contributed by atoms with Gasteiger partial charge in [-0.1, -0.05) is 11.6 Å². The highest BCUT2D eigenvalue weighted by Gasteiger charge is 2.21. The van der Waals surface area contributed by atoms with Gasteiger partial charge in [-0.25, -0.2) is 0 Å². The number of hydrogen-bond acceptors (Lipinski definition) is 3. The van der Waals surface area contributed by atoms with Gasteiger partial charge < -0.3 is 5.73 Å². The molecule has 0 bridgehead atoms. The Morgan fingerprint density at radius 3 is 2.80 bits per heavy atom. The summed E-state index contributed by atoms with van der Waals surface area (Å²) in [7, 11) is 1.93. The van der Waals surface area contributed by atoms with Crippen molar-refractivity contribution in [1.29, 1.82) is 0 Å². The van der Waals surface area contributed by atoms with Gasteiger partial charge in [0, 0.05) is 32.7 Å². The van der Waals surface area contributed by atoms with Crippen molar-refractivity contribution in [2.45, 2.75) is 25.9 Å². The van der Waals surface area contributed by atoms with Crippen LogP contribution in [0, 0.1) is 6.92 Å². The van der Waals surface area contributed by atoms with Gasteiger partial charge in [-0.2, -0.15) is 5.10 Å². The zero-order valence-electron chi connectivity index (χ0n) is 9.20. The highest BCUT2D eigenvalue weighted by molar-refractivity contribution is 6.31. The SMILES string of the molecule is Cc1nn(C)c(CN2CC[C@@H](N)C2)c1Cl. The third-order valence-electron chi connectivity index (χ3n) is 2.94. The lowest BCUT2D eigenvalue weighted by atomic mass is 10.3. The summed E-state index contributed by atoms with van der Waals surface area (Å²) in [6.07, 6.45) is 1.08. The summed E-state index contributed by atoms with van der Waals surface area (Å²) >= 11 is 6.19. The van der Waals surface area contributed by atoms with Gasteiger partial charge in [0.25, 0.3) is 0 Å². The van der Waals surface area contributed by atoms with Crippen LogP contribution >= 0.6 is 11.6 Å². The molecular formula is C10H17ClN4. The summed E-state index contributed by atoms with van der Waals surface area (Å²) in [6.45, 7) is 4.80. The minimum atomic E-state index is 0.318. The van der Waals surface area contributed by atoms with Gasteiger partial charge in [0.15, 0.2) is 0 Å². The summed E-state index contributed by atoms with van der Waals surface area (Å²) in [4.78, 5) is 2.33. The van der Waals surface area contributed by atoms with Gasteiger partial charge in [-0.15, -0.1) is 0 Å². The van der Waals surface area contributed by atoms with E-state index in [1.807, 2.05) is 18.7 Å². The second-order valence-electron chi connectivity index (χ2n) is 4.25. The second-order valence-corrected chi connectivity index (χ2v) is 4.63. The Morgan fingerprint density at radius 2 is 2.33 bits per heavy atom. The number of nitrogens with zero attached hydrogens (tertiary/aromatic N) is 3. The summed E-state index contributed by atoms with van der Waals surface area (Å²) in [5.74, 6) is 0. The topological polar surface area (TPSA) is 47.1 Å². The quantitative estimate of drug-likeness (QED) is 0.819. The summed E-state index contributed by atoms with van der Waals surface area (Å²) in [5, 5.41) is 5.09. The maximum atomic E-state index is 6.19. The van der Waals surface area contributed by atoms with Gasteiger partial charge in [-0.3, -0.25) is 9.58 Å². The van der Waals surface area contributed by atoms with E-state index in [9.17, 15) is 0 Å². The largest absolute Gasteiger partial charge is 0.326 e. The van der Waals surface area contributed by atoms with Crippen molar-refractivity contribution in [3.63, 3.8) is 0 Å². The fraction of sp³-hybridized carbons (Fsp3) is 0.700. The molecule has 15 heavy (non-hydrogen) atoms. The summed E-state index contributed by atoms with van der Waals surface area (Å²) < 4.78 is 1.86. The molecule has 0 radical (unpaired) electrons. The highest BCUT2D eigenvalue weighted by atomic mass is 35.5. The summed E-state index contributed by atoms with van der Waals surface area (Å²) in [5.41, 5.74) is 7.85. The van der Waals surface area contributed by atoms with Crippen molar-refractivity contribution in [2.24, 2.45) is 12.8 Å². The minimum Gasteiger partial charge on any atom is -0.326 e. The van der Waals surface area contributed by atoms with E-state index in [2.05, 4.69) is 10.00 Å². The number of likely N-dealkylation sites (tertiary alicyclic amines) is 1. The predicted molar refractivity (Wildman–Crippen MR) is 60.8 cm³/mol. The lowest BCUT2D eigenvalue weighted by molar-refractivity contribution is 0.317. The van der Waals surface area contributed by atoms with E-state index in [0.29, 0.717) is 6.04 Å². The Hall–Kier alpha value is -0.580. The molecule has 2 heterocycles. The van der Waals surface area contributed by atoms with Gasteiger partial charge in [0.05, 0.1) is 16.4 Å². The van der Waals surface area contributed by atoms with Crippen LogP contribution in [0.2, 0.25) is 5.02 Å². The molecule has 0 spiro atoms. The molecule has 1 aliphatic heterocycles. The molecular weight excluding hydrogens is 212 g/mol. The molecule has 0 aromatic carbocycles. The molecule has 2 rings (SSSR count). The third kappa shape index (κ3) is 2.17. The van der Waals surface area contributed by atoms with E-state index in [0.717, 1.165) is 42.5 Å².